The average molecular weight is 1700 g/mol. The number of unbranched alkanes of at least 4 members (excludes halogenated alkanes) is 1. The Kier molecular flexibility index (Phi) is 34.4. The fourth-order valence-electron chi connectivity index (χ4n) is 14.6. The zero-order chi connectivity index (χ0) is 89.3. The van der Waals surface area contributed by atoms with Gasteiger partial charge in [-0.25, -0.2) is 0 Å². The molecule has 654 valence electrons. The monoisotopic (exact) mass is 1700 g/mol. The van der Waals surface area contributed by atoms with Crippen molar-refractivity contribution >= 4 is 117 Å². The molecule has 1 unspecified atom stereocenters. The van der Waals surface area contributed by atoms with Gasteiger partial charge in [-0.2, -0.15) is 0 Å². The van der Waals surface area contributed by atoms with Crippen LogP contribution in [0.3, 0.4) is 0 Å². The number of rotatable bonds is 19. The van der Waals surface area contributed by atoms with Crippen LogP contribution >= 0.6 is 11.8 Å². The number of para-hydroxylation sites is 1. The lowest BCUT2D eigenvalue weighted by Gasteiger charge is -2.37. The maximum atomic E-state index is 15.4. The number of carboxylic acid groups (broad SMARTS) is 1. The Morgan fingerprint density at radius 2 is 1.01 bits per heavy atom. The summed E-state index contributed by atoms with van der Waals surface area (Å²) in [5.41, 5.74) is 8.67. The fraction of sp³-hybridized carbons (Fsp3) is 0.442. The van der Waals surface area contributed by atoms with Crippen LogP contribution in [0.4, 0.5) is 0 Å². The molecule has 35 nitrogen and oxygen atoms in total. The maximum Gasteiger partial charge on any atom is 0.305 e. The van der Waals surface area contributed by atoms with Crippen molar-refractivity contribution in [2.75, 3.05) is 66.4 Å². The van der Waals surface area contributed by atoms with E-state index in [1.165, 1.54) is 105 Å². The summed E-state index contributed by atoms with van der Waals surface area (Å²) in [5, 5.41) is 52.4. The van der Waals surface area contributed by atoms with Crippen molar-refractivity contribution < 1.29 is 92.0 Å². The number of phenolic OH excluding ortho intramolecular Hbond substituents is 2. The minimum absolute atomic E-state index is 0.0394. The lowest BCUT2D eigenvalue weighted by atomic mass is 9.99. The quantitative estimate of drug-likeness (QED) is 0.0527. The number of carbonyl (C=O) groups is 16. The van der Waals surface area contributed by atoms with Gasteiger partial charge in [0.2, 0.25) is 88.6 Å². The lowest BCUT2D eigenvalue weighted by molar-refractivity contribution is -0.151. The van der Waals surface area contributed by atoms with E-state index in [4.69, 9.17) is 5.73 Å². The van der Waals surface area contributed by atoms with Crippen LogP contribution in [0.15, 0.2) is 140 Å². The van der Waals surface area contributed by atoms with E-state index < -0.39 is 205 Å². The van der Waals surface area contributed by atoms with Crippen LogP contribution in [0.1, 0.15) is 94.5 Å². The molecule has 2 aliphatic heterocycles. The molecule has 0 aliphatic carbocycles. The molecule has 0 radical (unpaired) electrons. The number of nitrogens with one attached hydrogen (secondary N) is 9. The highest BCUT2D eigenvalue weighted by atomic mass is 32.2. The van der Waals surface area contributed by atoms with Crippen LogP contribution in [-0.4, -0.2) is 283 Å². The minimum atomic E-state index is -1.88. The largest absolute Gasteiger partial charge is 0.508 e. The van der Waals surface area contributed by atoms with E-state index in [9.17, 15) is 68.1 Å². The van der Waals surface area contributed by atoms with E-state index in [2.05, 4.69) is 47.5 Å². The number of thioether (sulfide) groups is 1. The summed E-state index contributed by atoms with van der Waals surface area (Å²) in [6, 6.07) is 18.5. The first-order valence-electron chi connectivity index (χ1n) is 40.2. The predicted molar refractivity (Wildman–Crippen MR) is 451 cm³/mol. The van der Waals surface area contributed by atoms with Crippen LogP contribution in [0.25, 0.3) is 10.9 Å². The molecule has 12 atom stereocenters. The van der Waals surface area contributed by atoms with Crippen LogP contribution in [-0.2, 0) is 109 Å². The number of hydrogen-bond donors (Lipinski definition) is 13. The van der Waals surface area contributed by atoms with Gasteiger partial charge in [-0.3, -0.25) is 76.7 Å². The van der Waals surface area contributed by atoms with Gasteiger partial charge in [0.25, 0.3) is 0 Å². The van der Waals surface area contributed by atoms with Gasteiger partial charge in [-0.05, 0) is 90.8 Å². The molecule has 6 aromatic rings. The van der Waals surface area contributed by atoms with Crippen molar-refractivity contribution in [3.63, 3.8) is 0 Å². The van der Waals surface area contributed by atoms with Crippen molar-refractivity contribution in [3.8, 4) is 11.5 Å². The molecule has 14 N–H and O–H groups in total. The van der Waals surface area contributed by atoms with E-state index in [0.717, 1.165) is 26.5 Å². The Bertz CT molecular complexity index is 4750. The first-order valence-corrected chi connectivity index (χ1v) is 41.3. The topological polar surface area (TPSA) is 491 Å². The molecule has 122 heavy (non-hydrogen) atoms. The number of nitrogens with zero attached hydrogens (tertiary/aromatic N) is 6. The van der Waals surface area contributed by atoms with Gasteiger partial charge < -0.3 is 98.0 Å². The number of benzene rings is 5. The SMILES string of the molecule is CCCC[C@H]1C(=O)N(C)CC(=O)N[C@@H](CC(=O)O)C(=O)N[C@@H](C(C)C)C(=O)N(C)[C@@H](C)C(=O)N[C@@H](Cc2ccc(O)cc2)C(=O)N(C)CC(=O)N[C@@H](Cc2c[nH]c3ccccc23)C(=O)N[C@@H](Cc2ccc(O)cc2)C(=O)N[C@H]2CC(C)N(C2=O)[C@@H](C(=O)NCC(N)=O)CSCC(=O)N[C@@H](Cc2ccccc2)C(=O)N(C)[C@@H](Cc2ccccc2)C(=O)N1C. The number of amides is 15. The first-order chi connectivity index (χ1) is 57.9. The Morgan fingerprint density at radius 1 is 0.516 bits per heavy atom. The van der Waals surface area contributed by atoms with E-state index in [0.29, 0.717) is 51.6 Å². The molecule has 2 fully saturated rings. The molecule has 8 rings (SSSR count). The third-order valence-corrected chi connectivity index (χ3v) is 22.6. The first kappa shape index (κ1) is 94.6. The van der Waals surface area contributed by atoms with Crippen LogP contribution in [0.5, 0.6) is 11.5 Å². The number of fused-ring (bicyclic) bond motifs is 3. The summed E-state index contributed by atoms with van der Waals surface area (Å²) >= 11 is 0.874. The standard InChI is InChI=1S/C86H110N16O19S/c1-11-12-27-67-84(119)98(7)46-72(107)91-63(42-74(109)110)79(114)96-75(49(2)3)86(121)99(8)51(5)76(111)94-65(39-55-30-34-58(104)35-31-55)81(116)97(6)45-71(106)90-62(41-56-43-88-60-26-20-19-25-59(56)60)78(113)93-61(37-54-28-32-57(103)33-29-54)77(112)95-64-36-50(4)102(83(64)118)69(80(115)89-44-70(87)105)47-122-48-73(108)92-66(38-52-21-15-13-16-22-52)82(117)101(10)68(85(120)100(67)9)40-53-23-17-14-18-24-53/h13-26,28-35,43,49-51,61-69,75,88,103-104H,11-12,27,36-42,44-48H2,1-10H3,(H2,87,105)(H,89,115)(H,90,106)(H,91,107)(H,92,108)(H,93,113)(H,94,111)(H,95,112)(H,96,114)(H,109,110)/t50?,51-,61-,62-,63-,64-,65-,66-,67-,68-,69+,75-/m0/s1. The van der Waals surface area contributed by atoms with Gasteiger partial charge in [-0.15, -0.1) is 11.8 Å². The average Bonchev–Trinajstić information content (AvgIpc) is 1.54. The van der Waals surface area contributed by atoms with E-state index >= 15 is 24.0 Å². The number of aromatic amines is 1. The highest BCUT2D eigenvalue weighted by Crippen LogP contribution is 2.27. The number of aliphatic carboxylic acids is 1. The van der Waals surface area contributed by atoms with Gasteiger partial charge in [0.05, 0.1) is 31.8 Å². The van der Waals surface area contributed by atoms with E-state index in [1.807, 2.05) is 6.92 Å². The lowest BCUT2D eigenvalue weighted by Crippen LogP contribution is -2.60. The van der Waals surface area contributed by atoms with Gasteiger partial charge in [-0.1, -0.05) is 137 Å². The highest BCUT2D eigenvalue weighted by molar-refractivity contribution is 8.00. The Labute approximate surface area is 711 Å². The van der Waals surface area contributed by atoms with Gasteiger partial charge in [0, 0.05) is 96.2 Å². The zero-order valence-electron chi connectivity index (χ0n) is 69.9. The highest BCUT2D eigenvalue weighted by Gasteiger charge is 2.46. The second-order valence-corrected chi connectivity index (χ2v) is 32.2. The van der Waals surface area contributed by atoms with Gasteiger partial charge >= 0.3 is 5.97 Å². The fourth-order valence-corrected chi connectivity index (χ4v) is 15.5. The number of H-pyrrole nitrogens is 1. The smallest absolute Gasteiger partial charge is 0.305 e. The number of likely N-dealkylation sites (N-methyl/N-ethyl adjacent to an activating group) is 5. The number of hydrogen-bond acceptors (Lipinski definition) is 19. The summed E-state index contributed by atoms with van der Waals surface area (Å²) in [4.78, 5) is 241. The second-order valence-electron chi connectivity index (χ2n) is 31.2. The molecule has 3 heterocycles. The zero-order valence-corrected chi connectivity index (χ0v) is 70.8. The molecule has 2 aliphatic rings. The second kappa shape index (κ2) is 44.4. The number of carboxylic acids is 1. The molecular formula is C86H110N16O19S. The number of aromatic hydroxyl groups is 2. The molecule has 0 saturated carbocycles. The third kappa shape index (κ3) is 26.3. The number of nitrogens with two attached hydrogens (primary N) is 1. The summed E-state index contributed by atoms with van der Waals surface area (Å²) in [6.07, 6.45) is 0.404. The van der Waals surface area contributed by atoms with Gasteiger partial charge in [0.15, 0.2) is 0 Å². The summed E-state index contributed by atoms with van der Waals surface area (Å²) in [5.74, 6) is -16.5. The summed E-state index contributed by atoms with van der Waals surface area (Å²) < 4.78 is 0. The summed E-state index contributed by atoms with van der Waals surface area (Å²) in [6.45, 7) is 5.63. The van der Waals surface area contributed by atoms with Crippen LogP contribution in [0, 0.1) is 5.92 Å². The van der Waals surface area contributed by atoms with Crippen molar-refractivity contribution in [3.05, 3.63) is 167 Å². The molecule has 15 amide bonds. The number of phenols is 2. The molecule has 2 saturated heterocycles. The number of carbonyl (C=O) groups excluding carboxylic acids is 15. The minimum Gasteiger partial charge on any atom is -0.508 e. The molecule has 36 heteroatoms. The van der Waals surface area contributed by atoms with Gasteiger partial charge in [0.1, 0.15) is 78.0 Å². The predicted octanol–water partition coefficient (Wildman–Crippen LogP) is 0.562. The third-order valence-electron chi connectivity index (χ3n) is 21.6. The summed E-state index contributed by atoms with van der Waals surface area (Å²) in [7, 11) is 6.49. The van der Waals surface area contributed by atoms with Crippen molar-refractivity contribution in [2.45, 2.75) is 171 Å². The molecular weight excluding hydrogens is 1590 g/mol. The molecule has 0 spiro atoms. The van der Waals surface area contributed by atoms with Crippen molar-refractivity contribution in [1.29, 1.82) is 0 Å². The number of primary amides is 1. The molecule has 1 aromatic heterocycles. The maximum absolute atomic E-state index is 15.4. The van der Waals surface area contributed by atoms with Crippen LogP contribution < -0.4 is 48.3 Å². The van der Waals surface area contributed by atoms with E-state index in [1.54, 1.807) is 112 Å². The Hall–Kier alpha value is -12.9. The Morgan fingerprint density at radius 3 is 1.58 bits per heavy atom. The molecule has 2 bridgehead atoms. The van der Waals surface area contributed by atoms with E-state index in [-0.39, 0.29) is 62.2 Å². The van der Waals surface area contributed by atoms with Crippen molar-refractivity contribution in [2.24, 2.45) is 11.7 Å². The Balaban J connectivity index is 1.17. The van der Waals surface area contributed by atoms with Crippen LogP contribution in [0.2, 0.25) is 0 Å². The normalized spacial score (nSPS) is 23.5. The number of aromatic nitrogens is 1. The molecule has 5 aromatic carbocycles. The van der Waals surface area contributed by atoms with Crippen molar-refractivity contribution in [1.82, 2.24) is 76.9 Å².